The normalized spacial score (nSPS) is 12.8. The molecule has 0 saturated heterocycles. The second-order valence-corrected chi connectivity index (χ2v) is 11.8. The van der Waals surface area contributed by atoms with Crippen LogP contribution in [0.4, 0.5) is 10.5 Å². The van der Waals surface area contributed by atoms with Crippen LogP contribution in [0, 0.1) is 13.8 Å². The number of phenols is 1. The molecule has 2 aromatic rings. The van der Waals surface area contributed by atoms with Gasteiger partial charge in [0.05, 0.1) is 10.7 Å². The predicted octanol–water partition coefficient (Wildman–Crippen LogP) is 6.23. The van der Waals surface area contributed by atoms with Crippen LogP contribution in [0.25, 0.3) is 0 Å². The summed E-state index contributed by atoms with van der Waals surface area (Å²) in [6, 6.07) is 8.16. The number of nitrogens with zero attached hydrogens (tertiary/aromatic N) is 1. The molecule has 0 fully saturated rings. The molecular formula is C29H40ClN3O5S. The molecule has 214 valence electrons. The number of hydrogen-bond acceptors (Lipinski definition) is 6. The van der Waals surface area contributed by atoms with Crippen LogP contribution < -0.4 is 10.6 Å². The van der Waals surface area contributed by atoms with Gasteiger partial charge in [-0.05, 0) is 94.4 Å². The highest BCUT2D eigenvalue weighted by molar-refractivity contribution is 7.98. The SMILES string of the molecule is CCCN(C(=O)C(CCSC)NC(=O)OC(C)(C)C)C(C(=O)Nc1c(C)cccc1Cl)c1ccc(O)c(C)c1. The Morgan fingerprint density at radius 2 is 1.82 bits per heavy atom. The third-order valence-electron chi connectivity index (χ3n) is 5.91. The number of hydrogen-bond donors (Lipinski definition) is 3. The van der Waals surface area contributed by atoms with Crippen LogP contribution in [0.2, 0.25) is 5.02 Å². The number of nitrogens with one attached hydrogen (secondary N) is 2. The monoisotopic (exact) mass is 577 g/mol. The second kappa shape index (κ2) is 14.5. The average molecular weight is 578 g/mol. The quantitative estimate of drug-likeness (QED) is 0.292. The Hall–Kier alpha value is -2.91. The van der Waals surface area contributed by atoms with Crippen molar-refractivity contribution in [3.63, 3.8) is 0 Å². The third kappa shape index (κ3) is 9.35. The minimum Gasteiger partial charge on any atom is -0.508 e. The number of alkyl carbamates (subject to hydrolysis) is 1. The fraction of sp³-hybridized carbons (Fsp3) is 0.483. The van der Waals surface area contributed by atoms with Crippen LogP contribution >= 0.6 is 23.4 Å². The van der Waals surface area contributed by atoms with Crippen LogP contribution in [0.1, 0.15) is 63.3 Å². The molecule has 2 rings (SSSR count). The van der Waals surface area contributed by atoms with Crippen molar-refractivity contribution in [3.8, 4) is 5.75 Å². The standard InChI is InChI=1S/C29H40ClN3O5S/c1-8-15-33(27(36)22(14-16-39-7)31-28(37)38-29(4,5)6)25(20-12-13-23(34)19(3)17-20)26(35)32-24-18(2)10-9-11-21(24)30/h9-13,17,22,25,34H,8,14-16H2,1-7H3,(H,31,37)(H,32,35). The summed E-state index contributed by atoms with van der Waals surface area (Å²) in [5.41, 5.74) is 1.58. The molecule has 2 aromatic carbocycles. The van der Waals surface area contributed by atoms with Crippen molar-refractivity contribution in [1.82, 2.24) is 10.2 Å². The summed E-state index contributed by atoms with van der Waals surface area (Å²) < 4.78 is 5.42. The minimum absolute atomic E-state index is 0.0812. The fourth-order valence-electron chi connectivity index (χ4n) is 4.05. The molecule has 2 atom stereocenters. The summed E-state index contributed by atoms with van der Waals surface area (Å²) in [5.74, 6) is -0.171. The first-order valence-electron chi connectivity index (χ1n) is 12.9. The van der Waals surface area contributed by atoms with E-state index in [1.165, 1.54) is 11.0 Å². The number of benzene rings is 2. The number of amides is 3. The maximum atomic E-state index is 14.1. The van der Waals surface area contributed by atoms with Crippen LogP contribution in [0.5, 0.6) is 5.75 Å². The van der Waals surface area contributed by atoms with Crippen molar-refractivity contribution in [2.45, 2.75) is 72.1 Å². The Morgan fingerprint density at radius 1 is 1.13 bits per heavy atom. The fourth-order valence-corrected chi connectivity index (χ4v) is 4.79. The van der Waals surface area contributed by atoms with Crippen molar-refractivity contribution in [2.75, 3.05) is 23.9 Å². The van der Waals surface area contributed by atoms with Crippen molar-refractivity contribution in [1.29, 1.82) is 0 Å². The van der Waals surface area contributed by atoms with E-state index in [0.29, 0.717) is 40.4 Å². The van der Waals surface area contributed by atoms with Crippen molar-refractivity contribution >= 4 is 47.0 Å². The summed E-state index contributed by atoms with van der Waals surface area (Å²) in [5, 5.41) is 16.2. The topological polar surface area (TPSA) is 108 Å². The predicted molar refractivity (Wildman–Crippen MR) is 159 cm³/mol. The zero-order valence-electron chi connectivity index (χ0n) is 23.8. The Bertz CT molecular complexity index is 1150. The molecule has 3 amide bonds. The summed E-state index contributed by atoms with van der Waals surface area (Å²) in [7, 11) is 0. The number of carbonyl (C=O) groups excluding carboxylic acids is 3. The maximum Gasteiger partial charge on any atom is 0.408 e. The van der Waals surface area contributed by atoms with Gasteiger partial charge in [0.2, 0.25) is 5.91 Å². The van der Waals surface area contributed by atoms with Gasteiger partial charge in [-0.1, -0.05) is 36.7 Å². The highest BCUT2D eigenvalue weighted by atomic mass is 35.5. The Labute approximate surface area is 240 Å². The van der Waals surface area contributed by atoms with Gasteiger partial charge < -0.3 is 25.4 Å². The van der Waals surface area contributed by atoms with Crippen LogP contribution in [-0.2, 0) is 14.3 Å². The molecular weight excluding hydrogens is 538 g/mol. The van der Waals surface area contributed by atoms with E-state index in [0.717, 1.165) is 5.56 Å². The van der Waals surface area contributed by atoms with Crippen molar-refractivity contribution in [2.24, 2.45) is 0 Å². The molecule has 8 nitrogen and oxygen atoms in total. The van der Waals surface area contributed by atoms with Gasteiger partial charge in [0.15, 0.2) is 0 Å². The molecule has 0 spiro atoms. The molecule has 0 radical (unpaired) electrons. The lowest BCUT2D eigenvalue weighted by molar-refractivity contribution is -0.140. The number of aryl methyl sites for hydroxylation is 2. The Kier molecular flexibility index (Phi) is 12.0. The van der Waals surface area contributed by atoms with Crippen LogP contribution in [-0.4, -0.2) is 58.1 Å². The molecule has 0 aliphatic carbocycles. The lowest BCUT2D eigenvalue weighted by Crippen LogP contribution is -2.52. The number of para-hydroxylation sites is 1. The maximum absolute atomic E-state index is 14.1. The van der Waals surface area contributed by atoms with Gasteiger partial charge in [-0.3, -0.25) is 9.59 Å². The first kappa shape index (κ1) is 32.3. The zero-order valence-corrected chi connectivity index (χ0v) is 25.3. The van der Waals surface area contributed by atoms with E-state index >= 15 is 0 Å². The molecule has 0 saturated carbocycles. The highest BCUT2D eigenvalue weighted by Gasteiger charge is 2.36. The number of phenolic OH excluding ortho intramolecular Hbond substituents is 1. The Balaban J connectivity index is 2.56. The van der Waals surface area contributed by atoms with E-state index in [4.69, 9.17) is 16.3 Å². The minimum atomic E-state index is -1.05. The molecule has 0 aromatic heterocycles. The van der Waals surface area contributed by atoms with Crippen LogP contribution in [0.3, 0.4) is 0 Å². The summed E-state index contributed by atoms with van der Waals surface area (Å²) in [6.07, 6.45) is 2.14. The van der Waals surface area contributed by atoms with E-state index in [9.17, 15) is 19.5 Å². The number of rotatable bonds is 11. The zero-order chi connectivity index (χ0) is 29.3. The molecule has 0 aliphatic rings. The largest absolute Gasteiger partial charge is 0.508 e. The van der Waals surface area contributed by atoms with Gasteiger partial charge in [0, 0.05) is 6.54 Å². The molecule has 39 heavy (non-hydrogen) atoms. The number of anilines is 1. The Morgan fingerprint density at radius 3 is 2.38 bits per heavy atom. The lowest BCUT2D eigenvalue weighted by Gasteiger charge is -2.34. The molecule has 0 bridgehead atoms. The second-order valence-electron chi connectivity index (χ2n) is 10.4. The van der Waals surface area contributed by atoms with E-state index in [1.54, 1.807) is 63.7 Å². The van der Waals surface area contributed by atoms with E-state index in [-0.39, 0.29) is 12.3 Å². The van der Waals surface area contributed by atoms with Gasteiger partial charge in [-0.25, -0.2) is 4.79 Å². The van der Waals surface area contributed by atoms with E-state index in [1.807, 2.05) is 26.2 Å². The van der Waals surface area contributed by atoms with E-state index < -0.39 is 35.6 Å². The third-order valence-corrected chi connectivity index (χ3v) is 6.87. The number of ether oxygens (including phenoxy) is 1. The first-order valence-corrected chi connectivity index (χ1v) is 14.7. The first-order chi connectivity index (χ1) is 18.3. The number of carbonyl (C=O) groups is 3. The number of aromatic hydroxyl groups is 1. The van der Waals surface area contributed by atoms with Crippen molar-refractivity contribution < 1.29 is 24.2 Å². The molecule has 0 heterocycles. The smallest absolute Gasteiger partial charge is 0.408 e. The molecule has 3 N–H and O–H groups in total. The number of thioether (sulfide) groups is 1. The van der Waals surface area contributed by atoms with Gasteiger partial charge in [0.1, 0.15) is 23.4 Å². The summed E-state index contributed by atoms with van der Waals surface area (Å²) in [6.45, 7) is 11.0. The van der Waals surface area contributed by atoms with Gasteiger partial charge in [0.25, 0.3) is 5.91 Å². The molecule has 0 aliphatic heterocycles. The lowest BCUT2D eigenvalue weighted by atomic mass is 9.99. The van der Waals surface area contributed by atoms with Gasteiger partial charge >= 0.3 is 6.09 Å². The molecule has 10 heteroatoms. The summed E-state index contributed by atoms with van der Waals surface area (Å²) in [4.78, 5) is 42.2. The number of halogens is 1. The van der Waals surface area contributed by atoms with Gasteiger partial charge in [-0.2, -0.15) is 11.8 Å². The molecule has 2 unspecified atom stereocenters. The van der Waals surface area contributed by atoms with Crippen molar-refractivity contribution in [3.05, 3.63) is 58.1 Å². The summed E-state index contributed by atoms with van der Waals surface area (Å²) >= 11 is 7.95. The van der Waals surface area contributed by atoms with E-state index in [2.05, 4.69) is 10.6 Å². The van der Waals surface area contributed by atoms with Crippen LogP contribution in [0.15, 0.2) is 36.4 Å². The highest BCUT2D eigenvalue weighted by Crippen LogP contribution is 2.31. The average Bonchev–Trinajstić information content (AvgIpc) is 2.84. The van der Waals surface area contributed by atoms with Gasteiger partial charge in [-0.15, -0.1) is 0 Å².